The maximum absolute atomic E-state index is 10.3. The molecule has 3 heteroatoms. The zero-order valence-corrected chi connectivity index (χ0v) is 11.4. The van der Waals surface area contributed by atoms with Crippen LogP contribution in [0.15, 0.2) is 17.5 Å². The van der Waals surface area contributed by atoms with Gasteiger partial charge in [-0.05, 0) is 29.8 Å². The summed E-state index contributed by atoms with van der Waals surface area (Å²) in [5, 5.41) is 15.8. The molecule has 0 aliphatic carbocycles. The van der Waals surface area contributed by atoms with Gasteiger partial charge < -0.3 is 10.4 Å². The zero-order valence-electron chi connectivity index (χ0n) is 10.6. The first-order valence-corrected chi connectivity index (χ1v) is 6.85. The van der Waals surface area contributed by atoms with Gasteiger partial charge in [0, 0.05) is 10.9 Å². The lowest BCUT2D eigenvalue weighted by molar-refractivity contribution is 0.106. The molecule has 1 rings (SSSR count). The van der Waals surface area contributed by atoms with E-state index in [9.17, 15) is 5.11 Å². The fourth-order valence-corrected chi connectivity index (χ4v) is 2.48. The number of rotatable bonds is 6. The average Bonchev–Trinajstić information content (AvgIpc) is 2.69. The summed E-state index contributed by atoms with van der Waals surface area (Å²) in [4.78, 5) is 1.05. The largest absolute Gasteiger partial charge is 0.386 e. The number of hydrogen-bond donors (Lipinski definition) is 2. The van der Waals surface area contributed by atoms with Crippen LogP contribution in [0.3, 0.4) is 0 Å². The maximum Gasteiger partial charge on any atom is 0.104 e. The van der Waals surface area contributed by atoms with E-state index >= 15 is 0 Å². The van der Waals surface area contributed by atoms with Gasteiger partial charge in [0.15, 0.2) is 0 Å². The summed E-state index contributed by atoms with van der Waals surface area (Å²) in [5.74, 6) is 1.03. The smallest absolute Gasteiger partial charge is 0.104 e. The normalized spacial score (nSPS) is 15.7. The minimum Gasteiger partial charge on any atom is -0.386 e. The third kappa shape index (κ3) is 3.89. The third-order valence-corrected chi connectivity index (χ3v) is 3.60. The van der Waals surface area contributed by atoms with Crippen molar-refractivity contribution in [3.63, 3.8) is 0 Å². The van der Waals surface area contributed by atoms with Crippen LogP contribution in [0.2, 0.25) is 0 Å². The van der Waals surface area contributed by atoms with Crippen LogP contribution < -0.4 is 5.32 Å². The van der Waals surface area contributed by atoms with Crippen molar-refractivity contribution in [3.05, 3.63) is 22.4 Å². The van der Waals surface area contributed by atoms with Gasteiger partial charge in [0.25, 0.3) is 0 Å². The number of aliphatic hydroxyl groups excluding tert-OH is 1. The van der Waals surface area contributed by atoms with Gasteiger partial charge in [-0.3, -0.25) is 0 Å². The highest BCUT2D eigenvalue weighted by Crippen LogP contribution is 2.25. The Hall–Kier alpha value is -0.380. The first-order chi connectivity index (χ1) is 7.52. The van der Waals surface area contributed by atoms with E-state index in [1.54, 1.807) is 11.3 Å². The van der Waals surface area contributed by atoms with Crippen molar-refractivity contribution in [2.24, 2.45) is 11.8 Å². The van der Waals surface area contributed by atoms with Gasteiger partial charge in [-0.15, -0.1) is 11.3 Å². The monoisotopic (exact) mass is 241 g/mol. The lowest BCUT2D eigenvalue weighted by Crippen LogP contribution is -2.40. The summed E-state index contributed by atoms with van der Waals surface area (Å²) < 4.78 is 0. The van der Waals surface area contributed by atoms with Gasteiger partial charge in [-0.2, -0.15) is 0 Å². The van der Waals surface area contributed by atoms with Crippen LogP contribution in [0, 0.1) is 11.8 Å². The average molecular weight is 241 g/mol. The third-order valence-electron chi connectivity index (χ3n) is 2.65. The lowest BCUT2D eigenvalue weighted by Gasteiger charge is -2.27. The minimum absolute atomic E-state index is 0.140. The Kier molecular flexibility index (Phi) is 5.46. The van der Waals surface area contributed by atoms with Crippen LogP contribution >= 0.6 is 11.3 Å². The number of aliphatic hydroxyl groups is 1. The molecule has 2 nitrogen and oxygen atoms in total. The molecule has 0 saturated heterocycles. The summed E-state index contributed by atoms with van der Waals surface area (Å²) >= 11 is 1.62. The standard InChI is InChI=1S/C13H23NOS/c1-9(2)8-14-12(10(3)4)13(15)11-6-5-7-16-11/h5-7,9-10,12-15H,8H2,1-4H3. The SMILES string of the molecule is CC(C)CNC(C(C)C)C(O)c1cccs1. The molecule has 0 spiro atoms. The Bertz CT molecular complexity index is 282. The van der Waals surface area contributed by atoms with E-state index in [-0.39, 0.29) is 6.04 Å². The molecule has 2 N–H and O–H groups in total. The summed E-state index contributed by atoms with van der Waals surface area (Å²) in [7, 11) is 0. The van der Waals surface area contributed by atoms with E-state index in [0.717, 1.165) is 11.4 Å². The Balaban J connectivity index is 2.62. The van der Waals surface area contributed by atoms with Crippen LogP contribution in [-0.4, -0.2) is 17.7 Å². The fourth-order valence-electron chi connectivity index (χ4n) is 1.72. The molecule has 1 aromatic rings. The topological polar surface area (TPSA) is 32.3 Å². The zero-order chi connectivity index (χ0) is 12.1. The van der Waals surface area contributed by atoms with Crippen LogP contribution in [0.1, 0.15) is 38.7 Å². The molecule has 0 aromatic carbocycles. The summed E-state index contributed by atoms with van der Waals surface area (Å²) in [6, 6.07) is 4.13. The highest BCUT2D eigenvalue weighted by atomic mass is 32.1. The molecule has 0 bridgehead atoms. The second-order valence-electron chi connectivity index (χ2n) is 5.03. The van der Waals surface area contributed by atoms with Crippen LogP contribution in [0.5, 0.6) is 0 Å². The maximum atomic E-state index is 10.3. The molecule has 0 radical (unpaired) electrons. The van der Waals surface area contributed by atoms with E-state index in [1.165, 1.54) is 0 Å². The minimum atomic E-state index is -0.390. The molecule has 16 heavy (non-hydrogen) atoms. The lowest BCUT2D eigenvalue weighted by atomic mass is 9.97. The molecule has 1 heterocycles. The predicted octanol–water partition coefficient (Wildman–Crippen LogP) is 3.05. The van der Waals surface area contributed by atoms with Crippen LogP contribution in [0.4, 0.5) is 0 Å². The van der Waals surface area contributed by atoms with Crippen molar-refractivity contribution in [2.75, 3.05) is 6.54 Å². The number of hydrogen-bond acceptors (Lipinski definition) is 3. The molecule has 92 valence electrons. The van der Waals surface area contributed by atoms with E-state index in [0.29, 0.717) is 11.8 Å². The predicted molar refractivity (Wildman–Crippen MR) is 70.7 cm³/mol. The van der Waals surface area contributed by atoms with Crippen LogP contribution in [-0.2, 0) is 0 Å². The van der Waals surface area contributed by atoms with Gasteiger partial charge in [0.05, 0.1) is 0 Å². The molecule has 2 atom stereocenters. The number of thiophene rings is 1. The highest BCUT2D eigenvalue weighted by molar-refractivity contribution is 7.10. The molecule has 0 aliphatic rings. The van der Waals surface area contributed by atoms with Crippen molar-refractivity contribution in [3.8, 4) is 0 Å². The van der Waals surface area contributed by atoms with E-state index < -0.39 is 6.10 Å². The highest BCUT2D eigenvalue weighted by Gasteiger charge is 2.24. The van der Waals surface area contributed by atoms with Crippen molar-refractivity contribution in [1.82, 2.24) is 5.32 Å². The van der Waals surface area contributed by atoms with Gasteiger partial charge in [0.1, 0.15) is 6.10 Å². The van der Waals surface area contributed by atoms with Gasteiger partial charge >= 0.3 is 0 Å². The molecule has 1 aromatic heterocycles. The second kappa shape index (κ2) is 6.38. The molecule has 0 amide bonds. The quantitative estimate of drug-likeness (QED) is 0.802. The second-order valence-corrected chi connectivity index (χ2v) is 6.01. The van der Waals surface area contributed by atoms with Gasteiger partial charge in [-0.1, -0.05) is 33.8 Å². The van der Waals surface area contributed by atoms with E-state index in [1.807, 2.05) is 17.5 Å². The molecular weight excluding hydrogens is 218 g/mol. The molecule has 2 unspecified atom stereocenters. The summed E-state index contributed by atoms with van der Waals surface area (Å²) in [6.07, 6.45) is -0.390. The number of nitrogens with one attached hydrogen (secondary N) is 1. The Labute approximate surface area is 103 Å². The summed E-state index contributed by atoms with van der Waals surface area (Å²) in [5.41, 5.74) is 0. The molecule has 0 fully saturated rings. The van der Waals surface area contributed by atoms with Gasteiger partial charge in [0.2, 0.25) is 0 Å². The molecule has 0 aliphatic heterocycles. The van der Waals surface area contributed by atoms with Crippen LogP contribution in [0.25, 0.3) is 0 Å². The molecule has 0 saturated carbocycles. The van der Waals surface area contributed by atoms with Gasteiger partial charge in [-0.25, -0.2) is 0 Å². The van der Waals surface area contributed by atoms with E-state index in [2.05, 4.69) is 33.0 Å². The first kappa shape index (κ1) is 13.7. The molecular formula is C13H23NOS. The Morgan fingerprint density at radius 2 is 2.00 bits per heavy atom. The van der Waals surface area contributed by atoms with Crippen molar-refractivity contribution in [1.29, 1.82) is 0 Å². The Morgan fingerprint density at radius 1 is 1.31 bits per heavy atom. The van der Waals surface area contributed by atoms with Crippen molar-refractivity contribution in [2.45, 2.75) is 39.8 Å². The van der Waals surface area contributed by atoms with E-state index in [4.69, 9.17) is 0 Å². The fraction of sp³-hybridized carbons (Fsp3) is 0.692. The van der Waals surface area contributed by atoms with Crippen molar-refractivity contribution < 1.29 is 5.11 Å². The summed E-state index contributed by atoms with van der Waals surface area (Å²) in [6.45, 7) is 9.61. The first-order valence-electron chi connectivity index (χ1n) is 5.97. The van der Waals surface area contributed by atoms with Crippen molar-refractivity contribution >= 4 is 11.3 Å². The Morgan fingerprint density at radius 3 is 2.44 bits per heavy atom.